The van der Waals surface area contributed by atoms with Crippen molar-refractivity contribution in [3.05, 3.63) is 40.3 Å². The van der Waals surface area contributed by atoms with Gasteiger partial charge in [-0.05, 0) is 24.3 Å². The van der Waals surface area contributed by atoms with E-state index in [4.69, 9.17) is 4.74 Å². The zero-order valence-corrected chi connectivity index (χ0v) is 17.0. The molecule has 2 aromatic rings. The van der Waals surface area contributed by atoms with Crippen molar-refractivity contribution >= 4 is 33.0 Å². The van der Waals surface area contributed by atoms with E-state index in [1.807, 2.05) is 5.38 Å². The number of amides is 1. The molecule has 0 radical (unpaired) electrons. The van der Waals surface area contributed by atoms with Crippen molar-refractivity contribution in [2.45, 2.75) is 31.1 Å². The quantitative estimate of drug-likeness (QED) is 0.792. The number of benzene rings is 1. The van der Waals surface area contributed by atoms with E-state index in [2.05, 4.69) is 24.1 Å². The molecule has 2 heterocycles. The first-order chi connectivity index (χ1) is 12.9. The summed E-state index contributed by atoms with van der Waals surface area (Å²) in [6.45, 7) is 5.65. The summed E-state index contributed by atoms with van der Waals surface area (Å²) in [4.78, 5) is 16.9. The highest BCUT2D eigenvalue weighted by molar-refractivity contribution is 7.89. The Labute approximate surface area is 163 Å². The number of aromatic nitrogens is 1. The number of nitrogens with zero attached hydrogens (tertiary/aromatic N) is 2. The third-order valence-corrected chi connectivity index (χ3v) is 7.26. The van der Waals surface area contributed by atoms with E-state index < -0.39 is 10.0 Å². The van der Waals surface area contributed by atoms with Gasteiger partial charge in [0.2, 0.25) is 15.9 Å². The van der Waals surface area contributed by atoms with E-state index in [0.29, 0.717) is 37.9 Å². The van der Waals surface area contributed by atoms with Gasteiger partial charge in [0, 0.05) is 30.1 Å². The number of rotatable bonds is 6. The summed E-state index contributed by atoms with van der Waals surface area (Å²) in [6.07, 6.45) is 0.192. The Balaban J connectivity index is 1.62. The Hall–Kier alpha value is -1.81. The normalized spacial score (nSPS) is 15.8. The molecule has 1 aromatic carbocycles. The summed E-state index contributed by atoms with van der Waals surface area (Å²) in [5.41, 5.74) is 1.30. The maximum Gasteiger partial charge on any atom is 0.243 e. The highest BCUT2D eigenvalue weighted by atomic mass is 32.2. The van der Waals surface area contributed by atoms with Gasteiger partial charge in [-0.15, -0.1) is 11.3 Å². The van der Waals surface area contributed by atoms with Crippen LogP contribution in [0, 0.1) is 0 Å². The van der Waals surface area contributed by atoms with Gasteiger partial charge in [-0.2, -0.15) is 4.31 Å². The summed E-state index contributed by atoms with van der Waals surface area (Å²) in [5, 5.41) is 5.69. The number of ether oxygens (including phenoxy) is 1. The van der Waals surface area contributed by atoms with Crippen molar-refractivity contribution in [2.24, 2.45) is 0 Å². The van der Waals surface area contributed by atoms with Gasteiger partial charge in [0.15, 0.2) is 0 Å². The Bertz CT molecular complexity index is 886. The van der Waals surface area contributed by atoms with Crippen molar-refractivity contribution < 1.29 is 17.9 Å². The largest absolute Gasteiger partial charge is 0.379 e. The summed E-state index contributed by atoms with van der Waals surface area (Å²) in [6, 6.07) is 6.23. The van der Waals surface area contributed by atoms with E-state index in [0.717, 1.165) is 10.7 Å². The second-order valence-corrected chi connectivity index (χ2v) is 9.43. The molecule has 146 valence electrons. The first kappa shape index (κ1) is 19.9. The molecule has 1 amide bonds. The Morgan fingerprint density at radius 1 is 1.26 bits per heavy atom. The zero-order valence-electron chi connectivity index (χ0n) is 15.3. The van der Waals surface area contributed by atoms with Gasteiger partial charge in [-0.25, -0.2) is 13.4 Å². The van der Waals surface area contributed by atoms with Crippen LogP contribution >= 0.6 is 11.3 Å². The molecule has 9 heteroatoms. The van der Waals surface area contributed by atoms with Crippen LogP contribution in [0.4, 0.5) is 5.69 Å². The van der Waals surface area contributed by atoms with Crippen molar-refractivity contribution in [3.8, 4) is 0 Å². The minimum absolute atomic E-state index is 0.181. The number of carbonyl (C=O) groups is 1. The van der Waals surface area contributed by atoms with Crippen LogP contribution in [0.25, 0.3) is 0 Å². The fraction of sp³-hybridized carbons (Fsp3) is 0.444. The molecule has 0 saturated carbocycles. The molecule has 0 aliphatic carbocycles. The molecule has 1 aliphatic rings. The first-order valence-electron chi connectivity index (χ1n) is 8.78. The van der Waals surface area contributed by atoms with Gasteiger partial charge in [0.1, 0.15) is 0 Å². The molecule has 1 aromatic heterocycles. The van der Waals surface area contributed by atoms with Gasteiger partial charge >= 0.3 is 0 Å². The van der Waals surface area contributed by atoms with E-state index in [1.54, 1.807) is 23.5 Å². The van der Waals surface area contributed by atoms with Gasteiger partial charge in [0.25, 0.3) is 0 Å². The van der Waals surface area contributed by atoms with Crippen LogP contribution < -0.4 is 5.32 Å². The van der Waals surface area contributed by atoms with Crippen LogP contribution in [-0.4, -0.2) is 49.9 Å². The number of thiazole rings is 1. The van der Waals surface area contributed by atoms with Crippen molar-refractivity contribution in [1.29, 1.82) is 0 Å². The maximum atomic E-state index is 12.6. The van der Waals surface area contributed by atoms with E-state index in [9.17, 15) is 13.2 Å². The average molecular weight is 410 g/mol. The first-order valence-corrected chi connectivity index (χ1v) is 11.1. The Kier molecular flexibility index (Phi) is 6.25. The van der Waals surface area contributed by atoms with Gasteiger partial charge < -0.3 is 10.1 Å². The Morgan fingerprint density at radius 2 is 1.93 bits per heavy atom. The number of hydrogen-bond acceptors (Lipinski definition) is 6. The standard InChI is InChI=1S/C18H23N3O4S2/c1-13(2)18-20-15(12-26-18)11-17(22)19-14-3-5-16(6-4-14)27(23,24)21-7-9-25-10-8-21/h3-6,12-13H,7-11H2,1-2H3,(H,19,22). The van der Waals surface area contributed by atoms with Crippen molar-refractivity contribution in [3.63, 3.8) is 0 Å². The lowest BCUT2D eigenvalue weighted by molar-refractivity contribution is -0.115. The molecule has 0 atom stereocenters. The van der Waals surface area contributed by atoms with Crippen LogP contribution in [0.5, 0.6) is 0 Å². The van der Waals surface area contributed by atoms with Gasteiger partial charge in [0.05, 0.1) is 35.2 Å². The van der Waals surface area contributed by atoms with E-state index in [-0.39, 0.29) is 17.2 Å². The second-order valence-electron chi connectivity index (χ2n) is 6.60. The van der Waals surface area contributed by atoms with Crippen molar-refractivity contribution in [1.82, 2.24) is 9.29 Å². The van der Waals surface area contributed by atoms with Crippen LogP contribution in [0.3, 0.4) is 0 Å². The van der Waals surface area contributed by atoms with Crippen LogP contribution in [0.1, 0.15) is 30.5 Å². The molecule has 7 nitrogen and oxygen atoms in total. The molecule has 0 unspecified atom stereocenters. The van der Waals surface area contributed by atoms with Crippen LogP contribution in [0.15, 0.2) is 34.5 Å². The molecule has 1 N–H and O–H groups in total. The highest BCUT2D eigenvalue weighted by Crippen LogP contribution is 2.21. The van der Waals surface area contributed by atoms with E-state index >= 15 is 0 Å². The lowest BCUT2D eigenvalue weighted by atomic mass is 10.2. The average Bonchev–Trinajstić information content (AvgIpc) is 3.11. The predicted molar refractivity (Wildman–Crippen MR) is 105 cm³/mol. The molecule has 3 rings (SSSR count). The summed E-state index contributed by atoms with van der Waals surface area (Å²) >= 11 is 1.55. The Morgan fingerprint density at radius 3 is 2.52 bits per heavy atom. The maximum absolute atomic E-state index is 12.6. The third kappa shape index (κ3) is 4.92. The second kappa shape index (κ2) is 8.47. The van der Waals surface area contributed by atoms with Gasteiger partial charge in [-0.1, -0.05) is 13.8 Å². The molecule has 1 aliphatic heterocycles. The lowest BCUT2D eigenvalue weighted by Gasteiger charge is -2.26. The molecule has 1 saturated heterocycles. The lowest BCUT2D eigenvalue weighted by Crippen LogP contribution is -2.40. The summed E-state index contributed by atoms with van der Waals surface area (Å²) in [5.74, 6) is 0.159. The molecule has 0 spiro atoms. The fourth-order valence-corrected chi connectivity index (χ4v) is 4.93. The fourth-order valence-electron chi connectivity index (χ4n) is 2.68. The van der Waals surface area contributed by atoms with Crippen molar-refractivity contribution in [2.75, 3.05) is 31.6 Å². The molecule has 1 fully saturated rings. The minimum Gasteiger partial charge on any atom is -0.379 e. The summed E-state index contributed by atoms with van der Waals surface area (Å²) in [7, 11) is -3.53. The number of nitrogens with one attached hydrogen (secondary N) is 1. The third-order valence-electron chi connectivity index (χ3n) is 4.15. The number of morpholine rings is 1. The van der Waals surface area contributed by atoms with E-state index in [1.165, 1.54) is 16.4 Å². The predicted octanol–water partition coefficient (Wildman–Crippen LogP) is 2.47. The van der Waals surface area contributed by atoms with Crippen LogP contribution in [-0.2, 0) is 26.0 Å². The zero-order chi connectivity index (χ0) is 19.4. The smallest absolute Gasteiger partial charge is 0.243 e. The number of hydrogen-bond donors (Lipinski definition) is 1. The molecular formula is C18H23N3O4S2. The van der Waals surface area contributed by atoms with Gasteiger partial charge in [-0.3, -0.25) is 4.79 Å². The minimum atomic E-state index is -3.53. The monoisotopic (exact) mass is 409 g/mol. The highest BCUT2D eigenvalue weighted by Gasteiger charge is 2.26. The number of anilines is 1. The topological polar surface area (TPSA) is 88.6 Å². The molecule has 0 bridgehead atoms. The number of sulfonamides is 1. The number of carbonyl (C=O) groups excluding carboxylic acids is 1. The van der Waals surface area contributed by atoms with Crippen LogP contribution in [0.2, 0.25) is 0 Å². The molecule has 27 heavy (non-hydrogen) atoms. The molecular weight excluding hydrogens is 386 g/mol. The SMILES string of the molecule is CC(C)c1nc(CC(=O)Nc2ccc(S(=O)(=O)N3CCOCC3)cc2)cs1. The summed E-state index contributed by atoms with van der Waals surface area (Å²) < 4.78 is 31.8.